The van der Waals surface area contributed by atoms with Gasteiger partial charge in [0.1, 0.15) is 10.0 Å². The van der Waals surface area contributed by atoms with Gasteiger partial charge in [0.05, 0.1) is 13.1 Å². The summed E-state index contributed by atoms with van der Waals surface area (Å²) < 4.78 is 0. The normalized spacial score (nSPS) is 12.5. The number of nitrogens with one attached hydrogen (secondary N) is 1. The average Bonchev–Trinajstić information content (AvgIpc) is 3.52. The summed E-state index contributed by atoms with van der Waals surface area (Å²) in [6.07, 6.45) is 3.12. The molecular weight excluding hydrogens is 496 g/mol. The number of benzene rings is 2. The van der Waals surface area contributed by atoms with Crippen molar-refractivity contribution in [3.63, 3.8) is 0 Å². The van der Waals surface area contributed by atoms with Crippen LogP contribution in [0.1, 0.15) is 55.3 Å². The molecule has 0 spiro atoms. The Hall–Kier alpha value is -3.30. The third kappa shape index (κ3) is 7.17. The molecule has 38 heavy (non-hydrogen) atoms. The van der Waals surface area contributed by atoms with Crippen molar-refractivity contribution in [3.05, 3.63) is 64.2 Å². The smallest absolute Gasteiger partial charge is 0.256 e. The molecule has 2 aromatic carbocycles. The highest BCUT2D eigenvalue weighted by atomic mass is 32.1. The number of anilines is 1. The van der Waals surface area contributed by atoms with E-state index in [-0.39, 0.29) is 32.3 Å². The van der Waals surface area contributed by atoms with E-state index in [0.29, 0.717) is 19.6 Å². The Kier molecular flexibility index (Phi) is 10.4. The largest absolute Gasteiger partial charge is 0.355 e. The number of carbonyl (C=O) groups is 2. The van der Waals surface area contributed by atoms with Gasteiger partial charge in [-0.1, -0.05) is 74.9 Å². The van der Waals surface area contributed by atoms with Gasteiger partial charge in [-0.3, -0.25) is 14.6 Å². The van der Waals surface area contributed by atoms with E-state index in [0.717, 1.165) is 46.1 Å². The number of rotatable bonds is 11. The first-order chi connectivity index (χ1) is 17.9. The van der Waals surface area contributed by atoms with Crippen LogP contribution in [0.2, 0.25) is 0 Å². The highest BCUT2D eigenvalue weighted by molar-refractivity contribution is 7.14. The van der Waals surface area contributed by atoms with Crippen molar-refractivity contribution in [1.29, 1.82) is 0 Å². The highest BCUT2D eigenvalue weighted by Crippen LogP contribution is 2.30. The van der Waals surface area contributed by atoms with Crippen LogP contribution in [0, 0.1) is 13.8 Å². The lowest BCUT2D eigenvalue weighted by atomic mass is 10.1. The van der Waals surface area contributed by atoms with Gasteiger partial charge in [-0.15, -0.1) is 10.2 Å². The Morgan fingerprint density at radius 1 is 1.03 bits per heavy atom. The summed E-state index contributed by atoms with van der Waals surface area (Å²) in [6.45, 7) is 8.29. The van der Waals surface area contributed by atoms with Gasteiger partial charge >= 0.3 is 0 Å². The Balaban J connectivity index is 0.00000400. The minimum Gasteiger partial charge on any atom is -0.355 e. The Labute approximate surface area is 230 Å². The molecule has 0 saturated heterocycles. The standard InChI is InChI=1S/C28H36N6O2S.CH4/c1-5-6-9-14-29-26(35)18-33(25-15-22(13-12-20(25)2)28-31-30-21(3)37-28)19-27(36)32(4)34-16-23-10-7-8-11-24(23)17-34;/h7-8,10-13,15H,5-6,9,14,16-19H2,1-4H3,(H,29,35);1H4. The van der Waals surface area contributed by atoms with Gasteiger partial charge in [-0.25, -0.2) is 5.01 Å². The molecule has 1 aromatic heterocycles. The molecule has 0 unspecified atom stereocenters. The molecule has 1 N–H and O–H groups in total. The molecule has 0 atom stereocenters. The second-order valence-corrected chi connectivity index (χ2v) is 10.7. The summed E-state index contributed by atoms with van der Waals surface area (Å²) in [5.74, 6) is -0.153. The van der Waals surface area contributed by atoms with E-state index in [1.807, 2.05) is 61.1 Å². The molecule has 0 radical (unpaired) electrons. The first-order valence-electron chi connectivity index (χ1n) is 12.9. The zero-order valence-corrected chi connectivity index (χ0v) is 23.0. The first kappa shape index (κ1) is 29.3. The first-order valence-corrected chi connectivity index (χ1v) is 13.7. The average molecular weight is 537 g/mol. The molecule has 0 bridgehead atoms. The van der Waals surface area contributed by atoms with E-state index in [1.165, 1.54) is 22.5 Å². The third-order valence-electron chi connectivity index (χ3n) is 6.70. The van der Waals surface area contributed by atoms with Crippen LogP contribution < -0.4 is 10.2 Å². The second-order valence-electron chi connectivity index (χ2n) is 9.55. The summed E-state index contributed by atoms with van der Waals surface area (Å²) >= 11 is 1.52. The number of hydrazine groups is 1. The third-order valence-corrected chi connectivity index (χ3v) is 7.58. The van der Waals surface area contributed by atoms with E-state index in [2.05, 4.69) is 34.6 Å². The fraction of sp³-hybridized carbons (Fsp3) is 0.448. The topological polar surface area (TPSA) is 81.7 Å². The molecule has 8 nitrogen and oxygen atoms in total. The van der Waals surface area contributed by atoms with Crippen LogP contribution >= 0.6 is 11.3 Å². The summed E-state index contributed by atoms with van der Waals surface area (Å²) in [4.78, 5) is 28.3. The summed E-state index contributed by atoms with van der Waals surface area (Å²) in [5, 5.41) is 16.9. The maximum atomic E-state index is 13.5. The summed E-state index contributed by atoms with van der Waals surface area (Å²) in [5.41, 5.74) is 5.24. The van der Waals surface area contributed by atoms with Crippen LogP contribution in [0.15, 0.2) is 42.5 Å². The number of aromatic nitrogens is 2. The van der Waals surface area contributed by atoms with E-state index in [4.69, 9.17) is 0 Å². The minimum atomic E-state index is -0.0864. The highest BCUT2D eigenvalue weighted by Gasteiger charge is 2.27. The Morgan fingerprint density at radius 2 is 1.74 bits per heavy atom. The molecule has 0 aliphatic carbocycles. The quantitative estimate of drug-likeness (QED) is 0.349. The van der Waals surface area contributed by atoms with Gasteiger partial charge in [0, 0.05) is 37.9 Å². The van der Waals surface area contributed by atoms with Crippen LogP contribution in [-0.4, -0.2) is 58.7 Å². The molecule has 2 amide bonds. The van der Waals surface area contributed by atoms with E-state index >= 15 is 0 Å². The lowest BCUT2D eigenvalue weighted by molar-refractivity contribution is -0.145. The number of likely N-dealkylation sites (N-methyl/N-ethyl adjacent to an activating group) is 1. The molecule has 1 aliphatic rings. The Bertz CT molecular complexity index is 1220. The number of hydrogen-bond acceptors (Lipinski definition) is 7. The van der Waals surface area contributed by atoms with E-state index in [9.17, 15) is 9.59 Å². The van der Waals surface area contributed by atoms with Crippen molar-refractivity contribution < 1.29 is 9.59 Å². The summed E-state index contributed by atoms with van der Waals surface area (Å²) in [6, 6.07) is 14.3. The SMILES string of the molecule is C.CCCCCNC(=O)CN(CC(=O)N(C)N1Cc2ccccc2C1)c1cc(-c2nnc(C)s2)ccc1C. The van der Waals surface area contributed by atoms with Gasteiger partial charge in [0.25, 0.3) is 5.91 Å². The molecule has 0 saturated carbocycles. The molecule has 9 heteroatoms. The van der Waals surface area contributed by atoms with Crippen molar-refractivity contribution in [2.24, 2.45) is 0 Å². The van der Waals surface area contributed by atoms with Crippen LogP contribution in [0.3, 0.4) is 0 Å². The van der Waals surface area contributed by atoms with Gasteiger partial charge in [0.2, 0.25) is 5.91 Å². The number of unbranched alkanes of at least 4 members (excludes halogenated alkanes) is 2. The van der Waals surface area contributed by atoms with Gasteiger partial charge in [-0.05, 0) is 43.0 Å². The van der Waals surface area contributed by atoms with Crippen molar-refractivity contribution in [2.45, 2.75) is 60.5 Å². The van der Waals surface area contributed by atoms with Crippen molar-refractivity contribution in [3.8, 4) is 10.6 Å². The van der Waals surface area contributed by atoms with Crippen LogP contribution in [0.25, 0.3) is 10.6 Å². The van der Waals surface area contributed by atoms with Gasteiger partial charge in [0.15, 0.2) is 0 Å². The van der Waals surface area contributed by atoms with E-state index in [1.54, 1.807) is 5.01 Å². The lowest BCUT2D eigenvalue weighted by Gasteiger charge is -2.32. The van der Waals surface area contributed by atoms with E-state index < -0.39 is 0 Å². The molecule has 1 aliphatic heterocycles. The number of nitrogens with zero attached hydrogens (tertiary/aromatic N) is 5. The number of aryl methyl sites for hydroxylation is 2. The zero-order chi connectivity index (χ0) is 26.4. The number of carbonyl (C=O) groups excluding carboxylic acids is 2. The fourth-order valence-electron chi connectivity index (χ4n) is 4.51. The number of hydrogen-bond donors (Lipinski definition) is 1. The van der Waals surface area contributed by atoms with Gasteiger partial charge in [-0.2, -0.15) is 0 Å². The summed E-state index contributed by atoms with van der Waals surface area (Å²) in [7, 11) is 1.81. The predicted molar refractivity (Wildman–Crippen MR) is 155 cm³/mol. The molecule has 204 valence electrons. The number of fused-ring (bicyclic) bond motifs is 1. The van der Waals surface area contributed by atoms with Crippen molar-refractivity contribution in [1.82, 2.24) is 25.5 Å². The van der Waals surface area contributed by atoms with Crippen molar-refractivity contribution in [2.75, 3.05) is 31.6 Å². The minimum absolute atomic E-state index is 0. The van der Waals surface area contributed by atoms with Crippen molar-refractivity contribution >= 4 is 28.8 Å². The van der Waals surface area contributed by atoms with Crippen LogP contribution in [-0.2, 0) is 22.7 Å². The van der Waals surface area contributed by atoms with Crippen LogP contribution in [0.4, 0.5) is 5.69 Å². The monoisotopic (exact) mass is 536 g/mol. The number of amides is 2. The molecule has 3 aromatic rings. The second kappa shape index (κ2) is 13.5. The Morgan fingerprint density at radius 3 is 2.37 bits per heavy atom. The maximum absolute atomic E-state index is 13.5. The molecule has 4 rings (SSSR count). The molecule has 0 fully saturated rings. The fourth-order valence-corrected chi connectivity index (χ4v) is 5.19. The molecular formula is C29H40N6O2S. The molecule has 2 heterocycles. The van der Waals surface area contributed by atoms with Crippen LogP contribution in [0.5, 0.6) is 0 Å². The van der Waals surface area contributed by atoms with Gasteiger partial charge < -0.3 is 10.2 Å². The lowest BCUT2D eigenvalue weighted by Crippen LogP contribution is -2.48. The predicted octanol–water partition coefficient (Wildman–Crippen LogP) is 4.96. The maximum Gasteiger partial charge on any atom is 0.256 e. The zero-order valence-electron chi connectivity index (χ0n) is 22.2.